The molecule has 0 N–H and O–H groups in total. The molecule has 7 nitrogen and oxygen atoms in total. The van der Waals surface area contributed by atoms with Crippen LogP contribution < -0.4 is 4.90 Å². The van der Waals surface area contributed by atoms with Crippen LogP contribution in [0.25, 0.3) is 11.5 Å². The number of aromatic nitrogens is 3. The molecule has 4 heterocycles. The summed E-state index contributed by atoms with van der Waals surface area (Å²) in [6.07, 6.45) is 1.76. The van der Waals surface area contributed by atoms with Gasteiger partial charge < -0.3 is 14.2 Å². The van der Waals surface area contributed by atoms with Crippen LogP contribution in [0.2, 0.25) is 0 Å². The van der Waals surface area contributed by atoms with E-state index >= 15 is 0 Å². The molecule has 4 rings (SSSR count). The third-order valence-corrected chi connectivity index (χ3v) is 5.47. The molecule has 1 amide bonds. The first-order chi connectivity index (χ1) is 12.6. The number of carbonyl (C=O) groups excluding carboxylic acids is 1. The first-order valence-electron chi connectivity index (χ1n) is 8.47. The second-order valence-electron chi connectivity index (χ2n) is 6.21. The molecule has 0 aliphatic carbocycles. The van der Waals surface area contributed by atoms with E-state index in [0.717, 1.165) is 21.8 Å². The summed E-state index contributed by atoms with van der Waals surface area (Å²) in [5.74, 6) is 1.93. The fourth-order valence-corrected chi connectivity index (χ4v) is 3.97. The maximum absolute atomic E-state index is 12.7. The van der Waals surface area contributed by atoms with Gasteiger partial charge in [0.1, 0.15) is 5.82 Å². The predicted octanol–water partition coefficient (Wildman–Crippen LogP) is 2.77. The fourth-order valence-electron chi connectivity index (χ4n) is 3.08. The Morgan fingerprint density at radius 1 is 1.15 bits per heavy atom. The van der Waals surface area contributed by atoms with Gasteiger partial charge in [-0.2, -0.15) is 0 Å². The van der Waals surface area contributed by atoms with Crippen LogP contribution >= 0.6 is 11.3 Å². The lowest BCUT2D eigenvalue weighted by atomic mass is 10.2. The number of thiophene rings is 1. The Bertz CT molecular complexity index is 927. The Labute approximate surface area is 155 Å². The molecule has 1 saturated heterocycles. The number of pyridine rings is 1. The Hall–Kier alpha value is -2.74. The summed E-state index contributed by atoms with van der Waals surface area (Å²) in [6, 6.07) is 5.78. The number of hydrogen-bond donors (Lipinski definition) is 0. The summed E-state index contributed by atoms with van der Waals surface area (Å²) in [7, 11) is 0. The van der Waals surface area contributed by atoms with Crippen LogP contribution in [0.3, 0.4) is 0 Å². The van der Waals surface area contributed by atoms with Crippen molar-refractivity contribution in [1.82, 2.24) is 20.1 Å². The normalized spacial score (nSPS) is 14.7. The third kappa shape index (κ3) is 3.08. The molecular weight excluding hydrogens is 350 g/mol. The molecule has 0 radical (unpaired) electrons. The van der Waals surface area contributed by atoms with Gasteiger partial charge in [0.2, 0.25) is 5.89 Å². The van der Waals surface area contributed by atoms with Crippen LogP contribution in [0, 0.1) is 13.8 Å². The van der Waals surface area contributed by atoms with Crippen molar-refractivity contribution >= 4 is 23.1 Å². The topological polar surface area (TPSA) is 75.4 Å². The van der Waals surface area contributed by atoms with E-state index in [1.54, 1.807) is 13.1 Å². The summed E-state index contributed by atoms with van der Waals surface area (Å²) >= 11 is 1.51. The van der Waals surface area contributed by atoms with Crippen molar-refractivity contribution in [3.05, 3.63) is 46.1 Å². The van der Waals surface area contributed by atoms with Crippen molar-refractivity contribution in [1.29, 1.82) is 0 Å². The monoisotopic (exact) mass is 369 g/mol. The van der Waals surface area contributed by atoms with Gasteiger partial charge in [0.05, 0.1) is 10.4 Å². The van der Waals surface area contributed by atoms with Crippen molar-refractivity contribution in [3.8, 4) is 11.5 Å². The van der Waals surface area contributed by atoms with Crippen molar-refractivity contribution in [2.75, 3.05) is 31.1 Å². The highest BCUT2D eigenvalue weighted by atomic mass is 32.1. The minimum absolute atomic E-state index is 0.117. The summed E-state index contributed by atoms with van der Waals surface area (Å²) in [5, 5.41) is 9.98. The molecule has 1 aliphatic heterocycles. The van der Waals surface area contributed by atoms with Gasteiger partial charge in [-0.1, -0.05) is 0 Å². The van der Waals surface area contributed by atoms with E-state index in [2.05, 4.69) is 20.1 Å². The van der Waals surface area contributed by atoms with E-state index in [9.17, 15) is 4.79 Å². The zero-order valence-electron chi connectivity index (χ0n) is 14.7. The van der Waals surface area contributed by atoms with E-state index in [-0.39, 0.29) is 5.91 Å². The lowest BCUT2D eigenvalue weighted by Crippen LogP contribution is -2.49. The Morgan fingerprint density at radius 3 is 2.62 bits per heavy atom. The molecule has 0 atom stereocenters. The van der Waals surface area contributed by atoms with E-state index in [1.807, 2.05) is 35.4 Å². The molecule has 0 unspecified atom stereocenters. The van der Waals surface area contributed by atoms with E-state index < -0.39 is 0 Å². The zero-order valence-corrected chi connectivity index (χ0v) is 15.5. The van der Waals surface area contributed by atoms with Crippen molar-refractivity contribution in [2.45, 2.75) is 13.8 Å². The average molecular weight is 369 g/mol. The smallest absolute Gasteiger partial charge is 0.264 e. The lowest BCUT2D eigenvalue weighted by molar-refractivity contribution is 0.0751. The highest BCUT2D eigenvalue weighted by Gasteiger charge is 2.26. The number of hydrogen-bond acceptors (Lipinski definition) is 7. The van der Waals surface area contributed by atoms with Crippen molar-refractivity contribution < 1.29 is 9.21 Å². The first kappa shape index (κ1) is 16.7. The Kier molecular flexibility index (Phi) is 4.42. The second kappa shape index (κ2) is 6.87. The molecule has 1 aliphatic rings. The molecule has 134 valence electrons. The molecule has 0 spiro atoms. The quantitative estimate of drug-likeness (QED) is 0.707. The highest BCUT2D eigenvalue weighted by molar-refractivity contribution is 7.12. The van der Waals surface area contributed by atoms with Crippen LogP contribution in [-0.2, 0) is 0 Å². The zero-order chi connectivity index (χ0) is 18.1. The number of aryl methyl sites for hydroxylation is 2. The molecule has 0 aromatic carbocycles. The van der Waals surface area contributed by atoms with Crippen molar-refractivity contribution in [3.63, 3.8) is 0 Å². The lowest BCUT2D eigenvalue weighted by Gasteiger charge is -2.35. The van der Waals surface area contributed by atoms with Crippen molar-refractivity contribution in [2.24, 2.45) is 0 Å². The number of anilines is 1. The van der Waals surface area contributed by atoms with E-state index in [1.165, 1.54) is 11.3 Å². The summed E-state index contributed by atoms with van der Waals surface area (Å²) in [5.41, 5.74) is 1.86. The Balaban J connectivity index is 1.51. The number of nitrogens with zero attached hydrogens (tertiary/aromatic N) is 5. The maximum Gasteiger partial charge on any atom is 0.264 e. The maximum atomic E-state index is 12.7. The van der Waals surface area contributed by atoms with Gasteiger partial charge in [0, 0.05) is 39.3 Å². The fraction of sp³-hybridized carbons (Fsp3) is 0.333. The largest absolute Gasteiger partial charge is 0.421 e. The molecule has 8 heteroatoms. The van der Waals surface area contributed by atoms with Gasteiger partial charge in [0.15, 0.2) is 0 Å². The first-order valence-corrected chi connectivity index (χ1v) is 9.35. The molecule has 0 saturated carbocycles. The van der Waals surface area contributed by atoms with Gasteiger partial charge in [-0.15, -0.1) is 21.5 Å². The number of piperazine rings is 1. The van der Waals surface area contributed by atoms with Crippen LogP contribution in [0.4, 0.5) is 5.82 Å². The van der Waals surface area contributed by atoms with Crippen LogP contribution in [0.15, 0.2) is 34.2 Å². The van der Waals surface area contributed by atoms with Gasteiger partial charge >= 0.3 is 0 Å². The summed E-state index contributed by atoms with van der Waals surface area (Å²) in [4.78, 5) is 22.1. The standard InChI is InChI=1S/C18H19N5O2S/c1-12-5-11-26-15(12)18(24)23-9-7-22(8-10-23)16-14(4-3-6-19-16)17-21-20-13(2)25-17/h3-6,11H,7-10H2,1-2H3. The van der Waals surface area contributed by atoms with Gasteiger partial charge in [-0.05, 0) is 36.1 Å². The summed E-state index contributed by atoms with van der Waals surface area (Å²) < 4.78 is 5.57. The second-order valence-corrected chi connectivity index (χ2v) is 7.13. The van der Waals surface area contributed by atoms with Gasteiger partial charge in [-0.3, -0.25) is 4.79 Å². The molecule has 1 fully saturated rings. The van der Waals surface area contributed by atoms with Crippen LogP contribution in [0.5, 0.6) is 0 Å². The summed E-state index contributed by atoms with van der Waals surface area (Å²) in [6.45, 7) is 6.50. The number of amides is 1. The van der Waals surface area contributed by atoms with E-state index in [4.69, 9.17) is 4.42 Å². The molecule has 3 aromatic rings. The highest BCUT2D eigenvalue weighted by Crippen LogP contribution is 2.29. The minimum Gasteiger partial charge on any atom is -0.421 e. The molecule has 26 heavy (non-hydrogen) atoms. The number of rotatable bonds is 3. The van der Waals surface area contributed by atoms with Crippen LogP contribution in [-0.4, -0.2) is 52.2 Å². The Morgan fingerprint density at radius 2 is 1.96 bits per heavy atom. The average Bonchev–Trinajstić information content (AvgIpc) is 3.29. The predicted molar refractivity (Wildman–Crippen MR) is 99.4 cm³/mol. The van der Waals surface area contributed by atoms with Crippen LogP contribution in [0.1, 0.15) is 21.1 Å². The number of carbonyl (C=O) groups is 1. The molecule has 0 bridgehead atoms. The molecular formula is C18H19N5O2S. The van der Waals surface area contributed by atoms with E-state index in [0.29, 0.717) is 38.0 Å². The van der Waals surface area contributed by atoms with Gasteiger partial charge in [0.25, 0.3) is 11.8 Å². The minimum atomic E-state index is 0.117. The SMILES string of the molecule is Cc1nnc(-c2cccnc2N2CCN(C(=O)c3sccc3C)CC2)o1. The third-order valence-electron chi connectivity index (χ3n) is 4.47. The van der Waals surface area contributed by atoms with Gasteiger partial charge in [-0.25, -0.2) is 4.98 Å². The molecule has 3 aromatic heterocycles.